The number of pyridine rings is 1. The summed E-state index contributed by atoms with van der Waals surface area (Å²) >= 11 is 6.71. The van der Waals surface area contributed by atoms with E-state index in [1.807, 2.05) is 19.9 Å². The quantitative estimate of drug-likeness (QED) is 0.433. The Balaban J connectivity index is 1.72. The molecule has 0 N–H and O–H groups in total. The van der Waals surface area contributed by atoms with E-state index in [0.29, 0.717) is 58.9 Å². The Morgan fingerprint density at radius 1 is 1.14 bits per heavy atom. The van der Waals surface area contributed by atoms with E-state index in [4.69, 9.17) is 12.2 Å². The number of anilines is 2. The highest BCUT2D eigenvalue weighted by Gasteiger charge is 2.33. The molecule has 0 aliphatic carbocycles. The molecular weight excluding hydrogens is 497 g/mol. The summed E-state index contributed by atoms with van der Waals surface area (Å²) in [5.41, 5.74) is 1.86. The molecule has 1 aromatic heterocycles. The predicted molar refractivity (Wildman–Crippen MR) is 147 cm³/mol. The van der Waals surface area contributed by atoms with Crippen molar-refractivity contribution in [3.8, 4) is 6.07 Å². The van der Waals surface area contributed by atoms with Crippen LogP contribution in [0.5, 0.6) is 0 Å². The summed E-state index contributed by atoms with van der Waals surface area (Å²) in [5, 5.41) is 9.69. The molecule has 36 heavy (non-hydrogen) atoms. The Kier molecular flexibility index (Phi) is 7.52. The monoisotopic (exact) mass is 525 g/mol. The van der Waals surface area contributed by atoms with Crippen LogP contribution in [0.4, 0.5) is 15.9 Å². The highest BCUT2D eigenvalue weighted by molar-refractivity contribution is 8.26. The fourth-order valence-electron chi connectivity index (χ4n) is 4.58. The first-order chi connectivity index (χ1) is 17.1. The van der Waals surface area contributed by atoms with E-state index in [9.17, 15) is 19.2 Å². The maximum absolute atomic E-state index is 13.3. The molecule has 2 aliphatic rings. The van der Waals surface area contributed by atoms with E-state index >= 15 is 0 Å². The van der Waals surface area contributed by atoms with E-state index < -0.39 is 0 Å². The highest BCUT2D eigenvalue weighted by atomic mass is 32.2. The minimum absolute atomic E-state index is 0.0649. The zero-order valence-electron chi connectivity index (χ0n) is 20.7. The van der Waals surface area contributed by atoms with Crippen LogP contribution in [0.3, 0.4) is 0 Å². The summed E-state index contributed by atoms with van der Waals surface area (Å²) < 4.78 is 15.4. The van der Waals surface area contributed by atoms with Gasteiger partial charge in [-0.05, 0) is 48.7 Å². The predicted octanol–water partition coefficient (Wildman–Crippen LogP) is 3.89. The van der Waals surface area contributed by atoms with Crippen LogP contribution in [-0.2, 0) is 11.8 Å². The molecular formula is C26H28FN5O2S2. The molecule has 0 saturated carbocycles. The molecule has 0 bridgehead atoms. The molecule has 2 fully saturated rings. The number of piperazine rings is 1. The molecule has 0 unspecified atom stereocenters. The molecule has 10 heteroatoms. The van der Waals surface area contributed by atoms with Gasteiger partial charge in [0.05, 0.1) is 4.91 Å². The molecule has 2 aromatic rings. The number of nitriles is 1. The van der Waals surface area contributed by atoms with Gasteiger partial charge in [0.25, 0.3) is 11.5 Å². The van der Waals surface area contributed by atoms with Gasteiger partial charge in [0.1, 0.15) is 27.6 Å². The first-order valence-corrected chi connectivity index (χ1v) is 13.0. The fourth-order valence-corrected chi connectivity index (χ4v) is 5.83. The second kappa shape index (κ2) is 10.4. The van der Waals surface area contributed by atoms with E-state index in [0.717, 1.165) is 5.69 Å². The number of hydrogen-bond donors (Lipinski definition) is 0. The lowest BCUT2D eigenvalue weighted by Gasteiger charge is -2.38. The average Bonchev–Trinajstić information content (AvgIpc) is 3.11. The third-order valence-electron chi connectivity index (χ3n) is 6.44. The van der Waals surface area contributed by atoms with E-state index in [1.165, 1.54) is 28.5 Å². The number of benzene rings is 1. The Morgan fingerprint density at radius 3 is 2.33 bits per heavy atom. The maximum Gasteiger partial charge on any atom is 0.270 e. The van der Waals surface area contributed by atoms with Gasteiger partial charge in [0.2, 0.25) is 0 Å². The van der Waals surface area contributed by atoms with Crippen LogP contribution >= 0.6 is 24.0 Å². The lowest BCUT2D eigenvalue weighted by molar-refractivity contribution is -0.122. The Bertz CT molecular complexity index is 1340. The van der Waals surface area contributed by atoms with Crippen LogP contribution in [0.2, 0.25) is 0 Å². The van der Waals surface area contributed by atoms with Crippen LogP contribution < -0.4 is 15.4 Å². The van der Waals surface area contributed by atoms with Gasteiger partial charge in [0.15, 0.2) is 0 Å². The highest BCUT2D eigenvalue weighted by Crippen LogP contribution is 2.36. The van der Waals surface area contributed by atoms with Gasteiger partial charge in [0, 0.05) is 51.0 Å². The lowest BCUT2D eigenvalue weighted by Crippen LogP contribution is -2.48. The summed E-state index contributed by atoms with van der Waals surface area (Å²) in [7, 11) is 1.66. The average molecular weight is 526 g/mol. The molecule has 3 heterocycles. The van der Waals surface area contributed by atoms with Gasteiger partial charge in [-0.3, -0.25) is 19.1 Å². The van der Waals surface area contributed by atoms with Crippen molar-refractivity contribution in [2.75, 3.05) is 42.5 Å². The minimum atomic E-state index is -0.365. The first kappa shape index (κ1) is 25.9. The van der Waals surface area contributed by atoms with Gasteiger partial charge in [-0.25, -0.2) is 4.39 Å². The molecule has 7 nitrogen and oxygen atoms in total. The van der Waals surface area contributed by atoms with Crippen LogP contribution in [0.1, 0.15) is 30.5 Å². The van der Waals surface area contributed by atoms with Crippen molar-refractivity contribution in [1.29, 1.82) is 5.26 Å². The van der Waals surface area contributed by atoms with Gasteiger partial charge in [-0.2, -0.15) is 5.26 Å². The number of carbonyl (C=O) groups excluding carboxylic acids is 1. The number of thiocarbonyl (C=S) groups is 1. The molecule has 2 saturated heterocycles. The van der Waals surface area contributed by atoms with E-state index in [-0.39, 0.29) is 28.8 Å². The smallest absolute Gasteiger partial charge is 0.270 e. The van der Waals surface area contributed by atoms with Crippen LogP contribution in [0, 0.1) is 30.0 Å². The zero-order valence-corrected chi connectivity index (χ0v) is 22.4. The lowest BCUT2D eigenvalue weighted by atomic mass is 10.0. The number of thioether (sulfide) groups is 1. The summed E-state index contributed by atoms with van der Waals surface area (Å²) in [6, 6.07) is 8.46. The number of rotatable bonds is 5. The third kappa shape index (κ3) is 4.90. The topological polar surface area (TPSA) is 72.6 Å². The number of amides is 1. The van der Waals surface area contributed by atoms with Crippen molar-refractivity contribution < 1.29 is 9.18 Å². The fraction of sp³-hybridized carbons (Fsp3) is 0.385. The van der Waals surface area contributed by atoms with E-state index in [1.54, 1.807) is 37.1 Å². The third-order valence-corrected chi connectivity index (χ3v) is 7.81. The summed E-state index contributed by atoms with van der Waals surface area (Å²) in [4.78, 5) is 32.6. The van der Waals surface area contributed by atoms with Gasteiger partial charge >= 0.3 is 0 Å². The molecule has 0 radical (unpaired) electrons. The zero-order chi connectivity index (χ0) is 26.1. The summed E-state index contributed by atoms with van der Waals surface area (Å²) in [6.07, 6.45) is 1.77. The second-order valence-electron chi connectivity index (χ2n) is 9.35. The van der Waals surface area contributed by atoms with Gasteiger partial charge in [-0.15, -0.1) is 0 Å². The number of nitrogens with zero attached hydrogens (tertiary/aromatic N) is 5. The Labute approximate surface area is 219 Å². The molecule has 1 amide bonds. The Morgan fingerprint density at radius 2 is 1.75 bits per heavy atom. The van der Waals surface area contributed by atoms with Crippen molar-refractivity contribution in [1.82, 2.24) is 9.47 Å². The van der Waals surface area contributed by atoms with Gasteiger partial charge in [-0.1, -0.05) is 37.8 Å². The number of aromatic nitrogens is 1. The standard InChI is InChI=1S/C26H28FN5O2S2/c1-16(2)15-32-25(34)22(36-26(32)35)13-20-17(3)21(14-28)24(33)29(4)23(20)31-11-9-30(10-12-31)19-7-5-18(27)6-8-19/h5-8,13,16H,9-12,15H2,1-4H3/b22-13+. The minimum Gasteiger partial charge on any atom is -0.368 e. The number of halogens is 1. The van der Waals surface area contributed by atoms with Gasteiger partial charge < -0.3 is 9.80 Å². The van der Waals surface area contributed by atoms with Crippen molar-refractivity contribution in [3.63, 3.8) is 0 Å². The van der Waals surface area contributed by atoms with Crippen LogP contribution in [0.15, 0.2) is 34.0 Å². The van der Waals surface area contributed by atoms with Crippen molar-refractivity contribution >= 4 is 51.8 Å². The Hall–Kier alpha value is -3.16. The van der Waals surface area contributed by atoms with Crippen LogP contribution in [-0.4, -0.2) is 52.4 Å². The molecule has 2 aliphatic heterocycles. The van der Waals surface area contributed by atoms with Crippen molar-refractivity contribution in [3.05, 3.63) is 62.0 Å². The van der Waals surface area contributed by atoms with Crippen LogP contribution in [0.25, 0.3) is 6.08 Å². The molecule has 0 spiro atoms. The van der Waals surface area contributed by atoms with E-state index in [2.05, 4.69) is 9.80 Å². The normalized spacial score (nSPS) is 17.5. The second-order valence-corrected chi connectivity index (χ2v) is 11.0. The summed E-state index contributed by atoms with van der Waals surface area (Å²) in [5.74, 6) is 0.509. The summed E-state index contributed by atoms with van der Waals surface area (Å²) in [6.45, 7) is 8.93. The number of carbonyl (C=O) groups is 1. The number of hydrogen-bond acceptors (Lipinski definition) is 7. The molecule has 188 valence electrons. The molecule has 1 aromatic carbocycles. The van der Waals surface area contributed by atoms with Crippen molar-refractivity contribution in [2.24, 2.45) is 13.0 Å². The van der Waals surface area contributed by atoms with Crippen molar-refractivity contribution in [2.45, 2.75) is 20.8 Å². The largest absolute Gasteiger partial charge is 0.368 e. The molecule has 0 atom stereocenters. The molecule has 4 rings (SSSR count). The maximum atomic E-state index is 13.3. The first-order valence-electron chi connectivity index (χ1n) is 11.8. The SMILES string of the molecule is Cc1c(/C=C2/SC(=S)N(CC(C)C)C2=O)c(N2CCN(c3ccc(F)cc3)CC2)n(C)c(=O)c1C#N.